The zero-order chi connectivity index (χ0) is 11.2. The predicted octanol–water partition coefficient (Wildman–Crippen LogP) is 2.83. The van der Waals surface area contributed by atoms with Crippen molar-refractivity contribution in [2.24, 2.45) is 0 Å². The van der Waals surface area contributed by atoms with Gasteiger partial charge in [0, 0.05) is 36.9 Å². The number of alkyl halides is 2. The molecule has 2 aliphatic rings. The highest BCUT2D eigenvalue weighted by atomic mass is 19.3. The van der Waals surface area contributed by atoms with E-state index in [2.05, 4.69) is 5.32 Å². The van der Waals surface area contributed by atoms with Gasteiger partial charge in [-0.2, -0.15) is 0 Å². The molecule has 0 bridgehead atoms. The SMILES string of the molecule is FC1(F)CCC2(CC1)NCCc1occc12. The van der Waals surface area contributed by atoms with Gasteiger partial charge in [0.05, 0.1) is 6.26 Å². The van der Waals surface area contributed by atoms with Crippen LogP contribution in [0.25, 0.3) is 0 Å². The van der Waals surface area contributed by atoms with E-state index in [4.69, 9.17) is 4.42 Å². The molecule has 2 nitrogen and oxygen atoms in total. The highest BCUT2D eigenvalue weighted by molar-refractivity contribution is 5.30. The van der Waals surface area contributed by atoms with Crippen LogP contribution in [0, 0.1) is 0 Å². The Morgan fingerprint density at radius 2 is 1.94 bits per heavy atom. The standard InChI is InChI=1S/C12H15F2NO/c13-12(14)5-3-11(4-6-12)9-2-8-16-10(9)1-7-15-11/h2,8,15H,1,3-7H2. The Balaban J connectivity index is 1.92. The molecule has 16 heavy (non-hydrogen) atoms. The Morgan fingerprint density at radius 1 is 1.19 bits per heavy atom. The number of hydrogen-bond donors (Lipinski definition) is 1. The zero-order valence-electron chi connectivity index (χ0n) is 9.06. The largest absolute Gasteiger partial charge is 0.469 e. The molecule has 88 valence electrons. The van der Waals surface area contributed by atoms with Gasteiger partial charge in [-0.25, -0.2) is 8.78 Å². The van der Waals surface area contributed by atoms with Gasteiger partial charge >= 0.3 is 0 Å². The number of nitrogens with one attached hydrogen (secondary N) is 1. The number of furan rings is 1. The van der Waals surface area contributed by atoms with Gasteiger partial charge < -0.3 is 9.73 Å². The first-order valence-electron chi connectivity index (χ1n) is 5.81. The van der Waals surface area contributed by atoms with E-state index < -0.39 is 5.92 Å². The van der Waals surface area contributed by atoms with Crippen LogP contribution in [0.2, 0.25) is 0 Å². The summed E-state index contributed by atoms with van der Waals surface area (Å²) in [7, 11) is 0. The van der Waals surface area contributed by atoms with Gasteiger partial charge in [0.1, 0.15) is 5.76 Å². The van der Waals surface area contributed by atoms with Crippen LogP contribution in [0.4, 0.5) is 8.78 Å². The number of hydrogen-bond acceptors (Lipinski definition) is 2. The van der Waals surface area contributed by atoms with Crippen LogP contribution in [0.15, 0.2) is 16.7 Å². The topological polar surface area (TPSA) is 25.2 Å². The predicted molar refractivity (Wildman–Crippen MR) is 55.5 cm³/mol. The summed E-state index contributed by atoms with van der Waals surface area (Å²) in [5.74, 6) is -1.50. The molecule has 0 aromatic carbocycles. The molecule has 1 aromatic heterocycles. The smallest absolute Gasteiger partial charge is 0.248 e. The fourth-order valence-electron chi connectivity index (χ4n) is 2.96. The van der Waals surface area contributed by atoms with Crippen molar-refractivity contribution < 1.29 is 13.2 Å². The van der Waals surface area contributed by atoms with Crippen LogP contribution in [0.5, 0.6) is 0 Å². The Kier molecular flexibility index (Phi) is 2.11. The van der Waals surface area contributed by atoms with Gasteiger partial charge in [-0.3, -0.25) is 0 Å². The minimum Gasteiger partial charge on any atom is -0.469 e. The van der Waals surface area contributed by atoms with Gasteiger partial charge in [-0.1, -0.05) is 0 Å². The Bertz CT molecular complexity index is 389. The third kappa shape index (κ3) is 1.47. The molecule has 4 heteroatoms. The van der Waals surface area contributed by atoms with Crippen molar-refractivity contribution in [1.29, 1.82) is 0 Å². The van der Waals surface area contributed by atoms with E-state index in [-0.39, 0.29) is 18.4 Å². The third-order valence-electron chi connectivity index (χ3n) is 3.91. The molecule has 1 fully saturated rings. The Hall–Kier alpha value is -0.900. The molecule has 0 radical (unpaired) electrons. The summed E-state index contributed by atoms with van der Waals surface area (Å²) < 4.78 is 31.8. The maximum absolute atomic E-state index is 13.2. The summed E-state index contributed by atoms with van der Waals surface area (Å²) >= 11 is 0. The summed E-state index contributed by atoms with van der Waals surface area (Å²) in [5.41, 5.74) is 0.858. The minimum atomic E-state index is -2.48. The van der Waals surface area contributed by atoms with Crippen molar-refractivity contribution in [1.82, 2.24) is 5.32 Å². The molecule has 1 N–H and O–H groups in total. The van der Waals surface area contributed by atoms with Crippen LogP contribution in [0.3, 0.4) is 0 Å². The van der Waals surface area contributed by atoms with Gasteiger partial charge in [0.25, 0.3) is 0 Å². The summed E-state index contributed by atoms with van der Waals surface area (Å²) in [6.45, 7) is 0.825. The summed E-state index contributed by atoms with van der Waals surface area (Å²) in [6, 6.07) is 1.94. The average molecular weight is 227 g/mol. The van der Waals surface area contributed by atoms with E-state index in [1.807, 2.05) is 6.07 Å². The quantitative estimate of drug-likeness (QED) is 0.737. The molecule has 1 aliphatic heterocycles. The fourth-order valence-corrected chi connectivity index (χ4v) is 2.96. The fraction of sp³-hybridized carbons (Fsp3) is 0.667. The molecule has 0 atom stereocenters. The first-order valence-corrected chi connectivity index (χ1v) is 5.81. The monoisotopic (exact) mass is 227 g/mol. The molecular formula is C12H15F2NO. The molecule has 0 unspecified atom stereocenters. The van der Waals surface area contributed by atoms with E-state index in [0.717, 1.165) is 24.3 Å². The van der Waals surface area contributed by atoms with Crippen molar-refractivity contribution in [2.45, 2.75) is 43.6 Å². The van der Waals surface area contributed by atoms with Crippen LogP contribution < -0.4 is 5.32 Å². The van der Waals surface area contributed by atoms with Gasteiger partial charge in [-0.05, 0) is 18.9 Å². The lowest BCUT2D eigenvalue weighted by Gasteiger charge is -2.43. The second-order valence-corrected chi connectivity index (χ2v) is 4.87. The summed E-state index contributed by atoms with van der Waals surface area (Å²) in [6.07, 6.45) is 3.50. The average Bonchev–Trinajstić information content (AvgIpc) is 2.72. The number of halogens is 2. The van der Waals surface area contributed by atoms with E-state index in [9.17, 15) is 8.78 Å². The lowest BCUT2D eigenvalue weighted by Crippen LogP contribution is -2.50. The summed E-state index contributed by atoms with van der Waals surface area (Å²) in [4.78, 5) is 0. The van der Waals surface area contributed by atoms with E-state index in [1.165, 1.54) is 0 Å². The molecule has 1 aliphatic carbocycles. The number of rotatable bonds is 0. The maximum Gasteiger partial charge on any atom is 0.248 e. The lowest BCUT2D eigenvalue weighted by atomic mass is 9.73. The van der Waals surface area contributed by atoms with Crippen molar-refractivity contribution >= 4 is 0 Å². The van der Waals surface area contributed by atoms with Crippen LogP contribution >= 0.6 is 0 Å². The Labute approximate surface area is 93.0 Å². The van der Waals surface area contributed by atoms with E-state index >= 15 is 0 Å². The minimum absolute atomic E-state index is 0.0232. The van der Waals surface area contributed by atoms with Crippen LogP contribution in [0.1, 0.15) is 37.0 Å². The van der Waals surface area contributed by atoms with Crippen molar-refractivity contribution in [3.8, 4) is 0 Å². The van der Waals surface area contributed by atoms with Gasteiger partial charge in [-0.15, -0.1) is 0 Å². The Morgan fingerprint density at radius 3 is 2.69 bits per heavy atom. The normalized spacial score (nSPS) is 26.6. The van der Waals surface area contributed by atoms with Crippen molar-refractivity contribution in [3.05, 3.63) is 23.7 Å². The molecular weight excluding hydrogens is 212 g/mol. The van der Waals surface area contributed by atoms with Gasteiger partial charge in [0.15, 0.2) is 0 Å². The van der Waals surface area contributed by atoms with Crippen LogP contribution in [-0.4, -0.2) is 12.5 Å². The molecule has 0 saturated heterocycles. The zero-order valence-corrected chi connectivity index (χ0v) is 9.06. The summed E-state index contributed by atoms with van der Waals surface area (Å²) in [5, 5.41) is 3.42. The lowest BCUT2D eigenvalue weighted by molar-refractivity contribution is -0.0582. The maximum atomic E-state index is 13.2. The van der Waals surface area contributed by atoms with E-state index in [0.29, 0.717) is 12.8 Å². The molecule has 2 heterocycles. The molecule has 3 rings (SSSR count). The number of fused-ring (bicyclic) bond motifs is 2. The van der Waals surface area contributed by atoms with Crippen molar-refractivity contribution in [2.75, 3.05) is 6.54 Å². The molecule has 1 aromatic rings. The first-order chi connectivity index (χ1) is 7.61. The second-order valence-electron chi connectivity index (χ2n) is 4.87. The molecule has 0 amide bonds. The molecule has 1 spiro atoms. The second kappa shape index (κ2) is 3.29. The third-order valence-corrected chi connectivity index (χ3v) is 3.91. The van der Waals surface area contributed by atoms with Gasteiger partial charge in [0.2, 0.25) is 5.92 Å². The molecule has 1 saturated carbocycles. The van der Waals surface area contributed by atoms with E-state index in [1.54, 1.807) is 6.26 Å². The van der Waals surface area contributed by atoms with Crippen LogP contribution in [-0.2, 0) is 12.0 Å². The van der Waals surface area contributed by atoms with Crippen molar-refractivity contribution in [3.63, 3.8) is 0 Å². The highest BCUT2D eigenvalue weighted by Gasteiger charge is 2.46. The highest BCUT2D eigenvalue weighted by Crippen LogP contribution is 2.46. The first kappa shape index (κ1) is 10.3.